The lowest BCUT2D eigenvalue weighted by Crippen LogP contribution is -2.09. The van der Waals surface area contributed by atoms with E-state index in [4.69, 9.17) is 10.2 Å². The van der Waals surface area contributed by atoms with Gasteiger partial charge in [-0.25, -0.2) is 0 Å². The van der Waals surface area contributed by atoms with Crippen LogP contribution in [-0.2, 0) is 0 Å². The molecule has 0 radical (unpaired) electrons. The van der Waals surface area contributed by atoms with Crippen LogP contribution < -0.4 is 0 Å². The van der Waals surface area contributed by atoms with E-state index in [1.54, 1.807) is 0 Å². The molecule has 0 atom stereocenters. The molecule has 2 nitrogen and oxygen atoms in total. The summed E-state index contributed by atoms with van der Waals surface area (Å²) in [5.41, 5.74) is 1.10. The lowest BCUT2D eigenvalue weighted by Gasteiger charge is -2.11. The maximum Gasteiger partial charge on any atom is 0.0479 e. The minimum atomic E-state index is 0.0972. The molecule has 2 N–H and O–H groups in total. The van der Waals surface area contributed by atoms with Crippen molar-refractivity contribution < 1.29 is 10.2 Å². The van der Waals surface area contributed by atoms with Gasteiger partial charge in [0.05, 0.1) is 0 Å². The van der Waals surface area contributed by atoms with Crippen molar-refractivity contribution in [3.63, 3.8) is 0 Å². The van der Waals surface area contributed by atoms with E-state index in [9.17, 15) is 0 Å². The van der Waals surface area contributed by atoms with E-state index >= 15 is 0 Å². The Hall–Kier alpha value is -0.0800. The van der Waals surface area contributed by atoms with Gasteiger partial charge in [-0.1, -0.05) is 90.0 Å². The third-order valence-electron chi connectivity index (χ3n) is 0.839. The summed E-state index contributed by atoms with van der Waals surface area (Å²) in [4.78, 5) is 0. The Morgan fingerprint density at radius 1 is 0.619 bits per heavy atom. The molecule has 0 aromatic heterocycles. The smallest absolute Gasteiger partial charge is 0.0479 e. The van der Waals surface area contributed by atoms with Crippen LogP contribution in [0.1, 0.15) is 90.0 Å². The summed E-state index contributed by atoms with van der Waals surface area (Å²) in [6.45, 7) is 28.0. The summed E-state index contributed by atoms with van der Waals surface area (Å²) in [5, 5.41) is 16.5. The predicted molar refractivity (Wildman–Crippen MR) is 98.7 cm³/mol. The fraction of sp³-hybridized carbons (Fsp3) is 1.00. The molecule has 0 aromatic rings. The van der Waals surface area contributed by atoms with Gasteiger partial charge >= 0.3 is 0 Å². The zero-order valence-electron chi connectivity index (χ0n) is 17.4. The lowest BCUT2D eigenvalue weighted by molar-refractivity contribution is 0.177. The number of aliphatic hydroxyl groups excluding tert-OH is 2. The van der Waals surface area contributed by atoms with Gasteiger partial charge < -0.3 is 10.2 Å². The molecule has 0 bridgehead atoms. The minimum absolute atomic E-state index is 0.0972. The van der Waals surface area contributed by atoms with Crippen LogP contribution in [0.3, 0.4) is 0 Å². The van der Waals surface area contributed by atoms with Crippen molar-refractivity contribution >= 4 is 0 Å². The third-order valence-corrected chi connectivity index (χ3v) is 0.839. The second-order valence-electron chi connectivity index (χ2n) is 10.3. The topological polar surface area (TPSA) is 40.5 Å². The van der Waals surface area contributed by atoms with E-state index in [-0.39, 0.29) is 12.0 Å². The van der Waals surface area contributed by atoms with Crippen molar-refractivity contribution in [1.82, 2.24) is 0 Å². The van der Waals surface area contributed by atoms with Crippen molar-refractivity contribution in [3.05, 3.63) is 0 Å². The van der Waals surface area contributed by atoms with E-state index in [1.165, 1.54) is 0 Å². The fourth-order valence-electron chi connectivity index (χ4n) is 0. The van der Waals surface area contributed by atoms with Gasteiger partial charge in [0.25, 0.3) is 0 Å². The first kappa shape index (κ1) is 29.0. The SMILES string of the molecule is CC(C)(C)C.CC(C)(C)C.CC(C)(C)CO.CC(C)CO. The first-order valence-corrected chi connectivity index (χ1v) is 8.05. The molecule has 2 heteroatoms. The monoisotopic (exact) mass is 306 g/mol. The second kappa shape index (κ2) is 13.6. The Kier molecular flexibility index (Phi) is 18.7. The first-order valence-electron chi connectivity index (χ1n) is 8.05. The van der Waals surface area contributed by atoms with Crippen LogP contribution in [-0.4, -0.2) is 23.4 Å². The van der Waals surface area contributed by atoms with Gasteiger partial charge in [0.1, 0.15) is 0 Å². The Labute approximate surface area is 136 Å². The summed E-state index contributed by atoms with van der Waals surface area (Å²) in [7, 11) is 0. The van der Waals surface area contributed by atoms with E-state index in [2.05, 4.69) is 55.4 Å². The molecule has 0 heterocycles. The molecule has 0 saturated heterocycles. The Balaban J connectivity index is -0.0000000921. The van der Waals surface area contributed by atoms with Gasteiger partial charge in [0.15, 0.2) is 0 Å². The van der Waals surface area contributed by atoms with Crippen molar-refractivity contribution in [2.75, 3.05) is 13.2 Å². The minimum Gasteiger partial charge on any atom is -0.396 e. The third kappa shape index (κ3) is 264. The Bertz CT molecular complexity index is 163. The van der Waals surface area contributed by atoms with Crippen LogP contribution in [0, 0.1) is 22.2 Å². The maximum absolute atomic E-state index is 8.40. The highest BCUT2D eigenvalue weighted by atomic mass is 16.3. The molecule has 134 valence electrons. The largest absolute Gasteiger partial charge is 0.396 e. The van der Waals surface area contributed by atoms with E-state index in [0.717, 1.165) is 0 Å². The quantitative estimate of drug-likeness (QED) is 0.646. The van der Waals surface area contributed by atoms with Gasteiger partial charge in [-0.3, -0.25) is 0 Å². The van der Waals surface area contributed by atoms with Crippen molar-refractivity contribution in [3.8, 4) is 0 Å². The molecular formula is C19H46O2. The van der Waals surface area contributed by atoms with Crippen LogP contribution in [0.2, 0.25) is 0 Å². The molecule has 0 saturated carbocycles. The van der Waals surface area contributed by atoms with Crippen LogP contribution in [0.25, 0.3) is 0 Å². The second-order valence-corrected chi connectivity index (χ2v) is 10.3. The number of hydrogen-bond acceptors (Lipinski definition) is 2. The van der Waals surface area contributed by atoms with E-state index in [0.29, 0.717) is 23.4 Å². The average molecular weight is 307 g/mol. The van der Waals surface area contributed by atoms with Gasteiger partial charge in [-0.15, -0.1) is 0 Å². The lowest BCUT2D eigenvalue weighted by atomic mass is 9.99. The molecule has 0 spiro atoms. The van der Waals surface area contributed by atoms with Gasteiger partial charge in [-0.2, -0.15) is 0 Å². The molecule has 0 unspecified atom stereocenters. The molecule has 0 fully saturated rings. The maximum atomic E-state index is 8.40. The number of aliphatic hydroxyl groups is 2. The molecule has 0 aliphatic heterocycles. The zero-order valence-corrected chi connectivity index (χ0v) is 17.4. The van der Waals surface area contributed by atoms with Crippen LogP contribution >= 0.6 is 0 Å². The fourth-order valence-corrected chi connectivity index (χ4v) is 0. The van der Waals surface area contributed by atoms with Crippen molar-refractivity contribution in [2.45, 2.75) is 90.0 Å². The molecule has 21 heavy (non-hydrogen) atoms. The van der Waals surface area contributed by atoms with Crippen molar-refractivity contribution in [2.24, 2.45) is 22.2 Å². The molecule has 0 aromatic carbocycles. The highest BCUT2D eigenvalue weighted by molar-refractivity contribution is 4.55. The summed E-state index contributed by atoms with van der Waals surface area (Å²) in [6, 6.07) is 0. The van der Waals surface area contributed by atoms with Crippen LogP contribution in [0.15, 0.2) is 0 Å². The van der Waals surface area contributed by atoms with Gasteiger partial charge in [-0.05, 0) is 22.2 Å². The molecular weight excluding hydrogens is 260 g/mol. The van der Waals surface area contributed by atoms with E-state index in [1.807, 2.05) is 34.6 Å². The molecule has 0 rings (SSSR count). The highest BCUT2D eigenvalue weighted by Crippen LogP contribution is 2.09. The molecule has 0 aliphatic carbocycles. The Morgan fingerprint density at radius 3 is 0.714 bits per heavy atom. The number of rotatable bonds is 1. The summed E-state index contributed by atoms with van der Waals surface area (Å²) in [6.07, 6.45) is 0. The van der Waals surface area contributed by atoms with Crippen LogP contribution in [0.4, 0.5) is 0 Å². The molecule has 0 amide bonds. The van der Waals surface area contributed by atoms with Gasteiger partial charge in [0.2, 0.25) is 0 Å². The molecule has 0 aliphatic rings. The van der Waals surface area contributed by atoms with Gasteiger partial charge in [0, 0.05) is 13.2 Å². The normalized spacial score (nSPS) is 11.4. The number of hydrogen-bond donors (Lipinski definition) is 2. The highest BCUT2D eigenvalue weighted by Gasteiger charge is 2.05. The first-order chi connectivity index (χ1) is 8.83. The summed E-state index contributed by atoms with van der Waals surface area (Å²) < 4.78 is 0. The Morgan fingerprint density at radius 2 is 0.714 bits per heavy atom. The summed E-state index contributed by atoms with van der Waals surface area (Å²) >= 11 is 0. The van der Waals surface area contributed by atoms with Crippen molar-refractivity contribution in [1.29, 1.82) is 0 Å². The zero-order chi connectivity index (χ0) is 18.5. The summed E-state index contributed by atoms with van der Waals surface area (Å²) in [5.74, 6) is 0.440. The average Bonchev–Trinajstić information content (AvgIpc) is 2.12. The van der Waals surface area contributed by atoms with E-state index < -0.39 is 0 Å². The van der Waals surface area contributed by atoms with Crippen LogP contribution in [0.5, 0.6) is 0 Å². The predicted octanol–water partition coefficient (Wildman–Crippen LogP) is 5.76. The standard InChI is InChI=1S/C5H12O.2C5H12.C4H10O/c1-5(2,3)4-6;2*1-5(2,3)4;1-4(2)3-5/h6H,4H2,1-3H3;2*1-4H3;4-5H,3H2,1-2H3.